The van der Waals surface area contributed by atoms with Gasteiger partial charge in [-0.05, 0) is 24.3 Å². The van der Waals surface area contributed by atoms with E-state index < -0.39 is 0 Å². The van der Waals surface area contributed by atoms with E-state index in [-0.39, 0.29) is 11.7 Å². The third-order valence-electron chi connectivity index (χ3n) is 4.05. The van der Waals surface area contributed by atoms with E-state index in [2.05, 4.69) is 14.9 Å². The lowest BCUT2D eigenvalue weighted by Gasteiger charge is -2.35. The number of rotatable bonds is 3. The molecule has 120 valence electrons. The van der Waals surface area contributed by atoms with E-state index in [0.29, 0.717) is 19.5 Å². The van der Waals surface area contributed by atoms with E-state index in [0.717, 1.165) is 30.2 Å². The summed E-state index contributed by atoms with van der Waals surface area (Å²) in [5.74, 6) is 0.766. The average Bonchev–Trinajstić information content (AvgIpc) is 2.62. The van der Waals surface area contributed by atoms with Crippen LogP contribution in [0.25, 0.3) is 11.3 Å². The highest BCUT2D eigenvalue weighted by Crippen LogP contribution is 2.22. The molecule has 2 aromatic rings. The fraction of sp³-hybridized carbons (Fsp3) is 0.353. The van der Waals surface area contributed by atoms with Gasteiger partial charge in [0.2, 0.25) is 5.91 Å². The van der Waals surface area contributed by atoms with E-state index in [1.807, 2.05) is 17.9 Å². The van der Waals surface area contributed by atoms with Crippen molar-refractivity contribution in [3.63, 3.8) is 0 Å². The van der Waals surface area contributed by atoms with Crippen LogP contribution in [-0.2, 0) is 4.79 Å². The Morgan fingerprint density at radius 1 is 1.13 bits per heavy atom. The molecule has 1 saturated heterocycles. The molecule has 0 saturated carbocycles. The highest BCUT2D eigenvalue weighted by atomic mass is 19.1. The third kappa shape index (κ3) is 3.47. The van der Waals surface area contributed by atoms with Gasteiger partial charge >= 0.3 is 0 Å². The second-order valence-corrected chi connectivity index (χ2v) is 5.49. The lowest BCUT2D eigenvalue weighted by Crippen LogP contribution is -2.48. The number of amides is 1. The SMILES string of the molecule is CCC(=O)N1CCN(c2cc(-c3ccc(F)cc3)ncn2)CC1. The Morgan fingerprint density at radius 3 is 2.48 bits per heavy atom. The fourth-order valence-corrected chi connectivity index (χ4v) is 2.71. The number of halogens is 1. The number of piperazine rings is 1. The molecule has 0 unspecified atom stereocenters. The summed E-state index contributed by atoms with van der Waals surface area (Å²) in [6, 6.07) is 8.17. The molecular weight excluding hydrogens is 295 g/mol. The minimum Gasteiger partial charge on any atom is -0.353 e. The fourth-order valence-electron chi connectivity index (χ4n) is 2.71. The minimum absolute atomic E-state index is 0.194. The molecule has 0 N–H and O–H groups in total. The highest BCUT2D eigenvalue weighted by Gasteiger charge is 2.21. The molecule has 0 spiro atoms. The monoisotopic (exact) mass is 314 g/mol. The number of carbonyl (C=O) groups excluding carboxylic acids is 1. The normalized spacial score (nSPS) is 14.9. The molecule has 1 aliphatic rings. The second-order valence-electron chi connectivity index (χ2n) is 5.49. The molecular formula is C17H19FN4O. The molecule has 1 aromatic carbocycles. The van der Waals surface area contributed by atoms with Crippen molar-refractivity contribution >= 4 is 11.7 Å². The Bertz CT molecular complexity index is 681. The summed E-state index contributed by atoms with van der Waals surface area (Å²) >= 11 is 0. The van der Waals surface area contributed by atoms with Crippen LogP contribution in [0.3, 0.4) is 0 Å². The molecule has 1 aromatic heterocycles. The largest absolute Gasteiger partial charge is 0.353 e. The molecule has 2 heterocycles. The topological polar surface area (TPSA) is 49.3 Å². The number of hydrogen-bond donors (Lipinski definition) is 0. The Hall–Kier alpha value is -2.50. The Morgan fingerprint density at radius 2 is 1.83 bits per heavy atom. The van der Waals surface area contributed by atoms with Gasteiger partial charge in [0.1, 0.15) is 18.0 Å². The first kappa shape index (κ1) is 15.4. The molecule has 1 amide bonds. The number of anilines is 1. The zero-order chi connectivity index (χ0) is 16.2. The smallest absolute Gasteiger partial charge is 0.222 e. The van der Waals surface area contributed by atoms with Crippen LogP contribution < -0.4 is 4.90 Å². The lowest BCUT2D eigenvalue weighted by molar-refractivity contribution is -0.131. The van der Waals surface area contributed by atoms with Crippen molar-refractivity contribution in [3.05, 3.63) is 42.5 Å². The summed E-state index contributed by atoms with van der Waals surface area (Å²) in [6.07, 6.45) is 2.07. The van der Waals surface area contributed by atoms with Crippen LogP contribution in [0.15, 0.2) is 36.7 Å². The number of carbonyl (C=O) groups is 1. The van der Waals surface area contributed by atoms with Gasteiger partial charge in [-0.2, -0.15) is 0 Å². The molecule has 3 rings (SSSR count). The molecule has 0 radical (unpaired) electrons. The van der Waals surface area contributed by atoms with Gasteiger partial charge in [0, 0.05) is 44.2 Å². The molecule has 1 aliphatic heterocycles. The van der Waals surface area contributed by atoms with E-state index in [1.54, 1.807) is 12.1 Å². The van der Waals surface area contributed by atoms with Crippen molar-refractivity contribution < 1.29 is 9.18 Å². The highest BCUT2D eigenvalue weighted by molar-refractivity contribution is 5.76. The Kier molecular flexibility index (Phi) is 4.50. The zero-order valence-corrected chi connectivity index (χ0v) is 13.1. The lowest BCUT2D eigenvalue weighted by atomic mass is 10.1. The van der Waals surface area contributed by atoms with Crippen LogP contribution in [0.4, 0.5) is 10.2 Å². The van der Waals surface area contributed by atoms with Gasteiger partial charge in [0.25, 0.3) is 0 Å². The second kappa shape index (κ2) is 6.73. The van der Waals surface area contributed by atoms with Crippen molar-refractivity contribution in [3.8, 4) is 11.3 Å². The van der Waals surface area contributed by atoms with Crippen molar-refractivity contribution in [2.75, 3.05) is 31.1 Å². The van der Waals surface area contributed by atoms with Crippen molar-refractivity contribution in [1.82, 2.24) is 14.9 Å². The van der Waals surface area contributed by atoms with Gasteiger partial charge in [-0.25, -0.2) is 14.4 Å². The average molecular weight is 314 g/mol. The van der Waals surface area contributed by atoms with Crippen LogP contribution >= 0.6 is 0 Å². The molecule has 5 nitrogen and oxygen atoms in total. The number of hydrogen-bond acceptors (Lipinski definition) is 4. The summed E-state index contributed by atoms with van der Waals surface area (Å²) < 4.78 is 13.0. The molecule has 23 heavy (non-hydrogen) atoms. The Balaban J connectivity index is 1.73. The quantitative estimate of drug-likeness (QED) is 0.872. The van der Waals surface area contributed by atoms with Crippen LogP contribution in [0.1, 0.15) is 13.3 Å². The summed E-state index contributed by atoms with van der Waals surface area (Å²) in [6.45, 7) is 4.82. The van der Waals surface area contributed by atoms with Gasteiger partial charge in [-0.3, -0.25) is 4.79 Å². The first-order valence-corrected chi connectivity index (χ1v) is 7.78. The van der Waals surface area contributed by atoms with E-state index in [1.165, 1.54) is 18.5 Å². The van der Waals surface area contributed by atoms with Crippen molar-refractivity contribution in [2.24, 2.45) is 0 Å². The summed E-state index contributed by atoms with van der Waals surface area (Å²) in [7, 11) is 0. The van der Waals surface area contributed by atoms with Crippen molar-refractivity contribution in [2.45, 2.75) is 13.3 Å². The van der Waals surface area contributed by atoms with Gasteiger partial charge in [0.15, 0.2) is 0 Å². The maximum atomic E-state index is 13.0. The van der Waals surface area contributed by atoms with Gasteiger partial charge < -0.3 is 9.80 Å². The molecule has 1 fully saturated rings. The summed E-state index contributed by atoms with van der Waals surface area (Å²) in [5, 5.41) is 0. The van der Waals surface area contributed by atoms with Crippen LogP contribution in [0.5, 0.6) is 0 Å². The maximum absolute atomic E-state index is 13.0. The minimum atomic E-state index is -0.264. The molecule has 0 atom stereocenters. The van der Waals surface area contributed by atoms with E-state index >= 15 is 0 Å². The van der Waals surface area contributed by atoms with Crippen LogP contribution in [0.2, 0.25) is 0 Å². The maximum Gasteiger partial charge on any atom is 0.222 e. The first-order valence-electron chi connectivity index (χ1n) is 7.78. The van der Waals surface area contributed by atoms with E-state index in [4.69, 9.17) is 0 Å². The summed E-state index contributed by atoms with van der Waals surface area (Å²) in [5.41, 5.74) is 1.62. The Labute approximate surface area is 134 Å². The number of nitrogens with zero attached hydrogens (tertiary/aromatic N) is 4. The van der Waals surface area contributed by atoms with Gasteiger partial charge in [-0.1, -0.05) is 6.92 Å². The third-order valence-corrected chi connectivity index (χ3v) is 4.05. The standard InChI is InChI=1S/C17H19FN4O/c1-2-17(23)22-9-7-21(8-10-22)16-11-15(19-12-20-16)13-3-5-14(18)6-4-13/h3-6,11-12H,2,7-10H2,1H3. The van der Waals surface area contributed by atoms with Gasteiger partial charge in [-0.15, -0.1) is 0 Å². The number of aromatic nitrogens is 2. The van der Waals surface area contributed by atoms with Crippen LogP contribution in [0, 0.1) is 5.82 Å². The van der Waals surface area contributed by atoms with Crippen molar-refractivity contribution in [1.29, 1.82) is 0 Å². The first-order chi connectivity index (χ1) is 11.2. The van der Waals surface area contributed by atoms with E-state index in [9.17, 15) is 9.18 Å². The molecule has 0 bridgehead atoms. The number of benzene rings is 1. The summed E-state index contributed by atoms with van der Waals surface area (Å²) in [4.78, 5) is 24.4. The van der Waals surface area contributed by atoms with Crippen LogP contribution in [-0.4, -0.2) is 47.0 Å². The molecule has 0 aliphatic carbocycles. The predicted molar refractivity (Wildman–Crippen MR) is 86.5 cm³/mol. The zero-order valence-electron chi connectivity index (χ0n) is 13.1. The predicted octanol–water partition coefficient (Wildman–Crippen LogP) is 2.34. The molecule has 6 heteroatoms. The van der Waals surface area contributed by atoms with Gasteiger partial charge in [0.05, 0.1) is 5.69 Å².